The predicted molar refractivity (Wildman–Crippen MR) is 129 cm³/mol. The fraction of sp³-hybridized carbons (Fsp3) is 0.520. The number of piperidine rings is 1. The van der Waals surface area contributed by atoms with Gasteiger partial charge in [-0.05, 0) is 54.9 Å². The summed E-state index contributed by atoms with van der Waals surface area (Å²) in [5, 5.41) is 9.00. The first kappa shape index (κ1) is 23.0. The molecule has 1 atom stereocenters. The summed E-state index contributed by atoms with van der Waals surface area (Å²) in [7, 11) is 0. The van der Waals surface area contributed by atoms with Crippen molar-refractivity contribution in [2.75, 3.05) is 29.9 Å². The number of aryl methyl sites for hydroxylation is 1. The molecule has 176 valence electrons. The Morgan fingerprint density at radius 3 is 2.52 bits per heavy atom. The Hall–Kier alpha value is -3.16. The summed E-state index contributed by atoms with van der Waals surface area (Å²) in [5.41, 5.74) is 3.91. The normalized spacial score (nSPS) is 19.0. The van der Waals surface area contributed by atoms with Crippen molar-refractivity contribution in [3.63, 3.8) is 0 Å². The number of nitrogens with zero attached hydrogens (tertiary/aromatic N) is 3. The highest BCUT2D eigenvalue weighted by Gasteiger charge is 2.27. The maximum atomic E-state index is 12.2. The van der Waals surface area contributed by atoms with Gasteiger partial charge in [-0.3, -0.25) is 9.59 Å². The number of carbonyl (C=O) groups excluding carboxylic acids is 2. The van der Waals surface area contributed by atoms with Crippen LogP contribution in [-0.2, 0) is 16.1 Å². The first-order valence-electron chi connectivity index (χ1n) is 11.9. The molecule has 2 fully saturated rings. The summed E-state index contributed by atoms with van der Waals surface area (Å²) in [6, 6.07) is 6.04. The van der Waals surface area contributed by atoms with Gasteiger partial charge < -0.3 is 20.9 Å². The molecule has 8 nitrogen and oxygen atoms in total. The summed E-state index contributed by atoms with van der Waals surface area (Å²) >= 11 is 0. The molecular weight excluding hydrogens is 416 g/mol. The summed E-state index contributed by atoms with van der Waals surface area (Å²) < 4.78 is 0. The number of nitrogens with one attached hydrogen (secondary N) is 3. The first-order chi connectivity index (χ1) is 15.9. The van der Waals surface area contributed by atoms with Gasteiger partial charge in [0.15, 0.2) is 0 Å². The van der Waals surface area contributed by atoms with E-state index in [-0.39, 0.29) is 24.2 Å². The minimum absolute atomic E-state index is 0.0607. The van der Waals surface area contributed by atoms with Crippen molar-refractivity contribution in [1.29, 1.82) is 0 Å². The molecule has 1 aromatic carbocycles. The quantitative estimate of drug-likeness (QED) is 0.599. The van der Waals surface area contributed by atoms with Gasteiger partial charge in [0, 0.05) is 38.3 Å². The fourth-order valence-corrected chi connectivity index (χ4v) is 4.57. The van der Waals surface area contributed by atoms with Gasteiger partial charge in [0.1, 0.15) is 0 Å². The number of carbonyl (C=O) groups is 2. The molecule has 2 aromatic rings. The van der Waals surface area contributed by atoms with Crippen molar-refractivity contribution in [3.05, 3.63) is 41.7 Å². The highest BCUT2D eigenvalue weighted by molar-refractivity contribution is 5.89. The molecule has 4 rings (SSSR count). The highest BCUT2D eigenvalue weighted by atomic mass is 16.2. The van der Waals surface area contributed by atoms with Gasteiger partial charge >= 0.3 is 0 Å². The number of amides is 2. The van der Waals surface area contributed by atoms with Gasteiger partial charge in [0.2, 0.25) is 17.8 Å². The molecule has 33 heavy (non-hydrogen) atoms. The molecular formula is C25H34N6O2. The van der Waals surface area contributed by atoms with Crippen LogP contribution in [0.2, 0.25) is 0 Å². The molecule has 0 spiro atoms. The maximum Gasteiger partial charge on any atom is 0.225 e. The van der Waals surface area contributed by atoms with E-state index in [0.717, 1.165) is 53.4 Å². The van der Waals surface area contributed by atoms with Gasteiger partial charge in [-0.15, -0.1) is 0 Å². The second-order valence-corrected chi connectivity index (χ2v) is 9.53. The Labute approximate surface area is 195 Å². The monoisotopic (exact) mass is 450 g/mol. The molecule has 1 aromatic heterocycles. The third kappa shape index (κ3) is 5.80. The SMILES string of the molecule is Cc1cc(Nc2cnc(N3CCC(C(C)C)CC3)nc2)ccc1CNC(=O)C1CNC(=O)C1. The molecule has 2 aliphatic rings. The number of hydrogen-bond acceptors (Lipinski definition) is 6. The van der Waals surface area contributed by atoms with E-state index >= 15 is 0 Å². The van der Waals surface area contributed by atoms with Crippen LogP contribution in [0.25, 0.3) is 0 Å². The minimum atomic E-state index is -0.275. The Morgan fingerprint density at radius 1 is 1.18 bits per heavy atom. The van der Waals surface area contributed by atoms with Gasteiger partial charge in [0.25, 0.3) is 0 Å². The van der Waals surface area contributed by atoms with Crippen molar-refractivity contribution in [2.45, 2.75) is 46.6 Å². The topological polar surface area (TPSA) is 99.2 Å². The van der Waals surface area contributed by atoms with Crippen LogP contribution in [0.4, 0.5) is 17.3 Å². The number of benzene rings is 1. The smallest absolute Gasteiger partial charge is 0.225 e. The summed E-state index contributed by atoms with van der Waals surface area (Å²) in [4.78, 5) is 35.0. The molecule has 1 unspecified atom stereocenters. The largest absolute Gasteiger partial charge is 0.355 e. The predicted octanol–water partition coefficient (Wildman–Crippen LogP) is 3.15. The lowest BCUT2D eigenvalue weighted by Crippen LogP contribution is -2.36. The zero-order chi connectivity index (χ0) is 23.4. The van der Waals surface area contributed by atoms with E-state index in [1.807, 2.05) is 37.5 Å². The third-order valence-electron chi connectivity index (χ3n) is 6.84. The van der Waals surface area contributed by atoms with E-state index in [0.29, 0.717) is 13.1 Å². The molecule has 2 aliphatic heterocycles. The van der Waals surface area contributed by atoms with E-state index in [9.17, 15) is 9.59 Å². The van der Waals surface area contributed by atoms with E-state index in [1.165, 1.54) is 12.8 Å². The average Bonchev–Trinajstić information content (AvgIpc) is 3.25. The first-order valence-corrected chi connectivity index (χ1v) is 11.9. The summed E-state index contributed by atoms with van der Waals surface area (Å²) in [6.07, 6.45) is 6.32. The van der Waals surface area contributed by atoms with Crippen LogP contribution in [0, 0.1) is 24.7 Å². The number of aromatic nitrogens is 2. The average molecular weight is 451 g/mol. The number of rotatable bonds is 7. The molecule has 3 heterocycles. The van der Waals surface area contributed by atoms with E-state index in [4.69, 9.17) is 0 Å². The van der Waals surface area contributed by atoms with E-state index in [1.54, 1.807) is 0 Å². The molecule has 0 radical (unpaired) electrons. The van der Waals surface area contributed by atoms with Gasteiger partial charge in [-0.1, -0.05) is 19.9 Å². The lowest BCUT2D eigenvalue weighted by molar-refractivity contribution is -0.126. The van der Waals surface area contributed by atoms with Crippen molar-refractivity contribution in [2.24, 2.45) is 17.8 Å². The van der Waals surface area contributed by atoms with Crippen molar-refractivity contribution < 1.29 is 9.59 Å². The Morgan fingerprint density at radius 2 is 1.91 bits per heavy atom. The summed E-state index contributed by atoms with van der Waals surface area (Å²) in [6.45, 7) is 9.52. The van der Waals surface area contributed by atoms with Crippen LogP contribution in [-0.4, -0.2) is 41.4 Å². The van der Waals surface area contributed by atoms with Gasteiger partial charge in [0.05, 0.1) is 24.0 Å². The standard InChI is InChI=1S/C25H34N6O2/c1-16(2)18-6-8-31(9-7-18)25-28-14-22(15-29-25)30-21-5-4-19(17(3)10-21)12-27-24(33)20-11-23(32)26-13-20/h4-5,10,14-16,18,20,30H,6-9,11-13H2,1-3H3,(H,26,32)(H,27,33). The lowest BCUT2D eigenvalue weighted by Gasteiger charge is -2.33. The van der Waals surface area contributed by atoms with Crippen molar-refractivity contribution in [3.8, 4) is 0 Å². The number of anilines is 3. The Bertz CT molecular complexity index is 983. The van der Waals surface area contributed by atoms with E-state index in [2.05, 4.69) is 44.7 Å². The second-order valence-electron chi connectivity index (χ2n) is 9.53. The van der Waals surface area contributed by atoms with Crippen LogP contribution >= 0.6 is 0 Å². The molecule has 2 amide bonds. The fourth-order valence-electron chi connectivity index (χ4n) is 4.57. The van der Waals surface area contributed by atoms with Crippen LogP contribution in [0.5, 0.6) is 0 Å². The summed E-state index contributed by atoms with van der Waals surface area (Å²) in [5.74, 6) is 1.91. The lowest BCUT2D eigenvalue weighted by atomic mass is 9.87. The third-order valence-corrected chi connectivity index (χ3v) is 6.84. The molecule has 2 saturated heterocycles. The molecule has 0 aliphatic carbocycles. The van der Waals surface area contributed by atoms with Crippen LogP contribution in [0.15, 0.2) is 30.6 Å². The van der Waals surface area contributed by atoms with Crippen molar-refractivity contribution >= 4 is 29.1 Å². The van der Waals surface area contributed by atoms with E-state index < -0.39 is 0 Å². The van der Waals surface area contributed by atoms with Gasteiger partial charge in [-0.2, -0.15) is 0 Å². The second kappa shape index (κ2) is 10.2. The minimum Gasteiger partial charge on any atom is -0.355 e. The van der Waals surface area contributed by atoms with Crippen molar-refractivity contribution in [1.82, 2.24) is 20.6 Å². The Balaban J connectivity index is 1.30. The Kier molecular flexibility index (Phi) is 7.11. The number of hydrogen-bond donors (Lipinski definition) is 3. The van der Waals surface area contributed by atoms with Crippen LogP contribution in [0.1, 0.15) is 44.2 Å². The molecule has 8 heteroatoms. The van der Waals surface area contributed by atoms with Crippen LogP contribution in [0.3, 0.4) is 0 Å². The highest BCUT2D eigenvalue weighted by Crippen LogP contribution is 2.27. The van der Waals surface area contributed by atoms with Gasteiger partial charge in [-0.25, -0.2) is 9.97 Å². The molecule has 0 bridgehead atoms. The zero-order valence-corrected chi connectivity index (χ0v) is 19.7. The molecule has 3 N–H and O–H groups in total. The molecule has 0 saturated carbocycles. The maximum absolute atomic E-state index is 12.2. The zero-order valence-electron chi connectivity index (χ0n) is 19.7. The van der Waals surface area contributed by atoms with Crippen LogP contribution < -0.4 is 20.9 Å².